The minimum Gasteiger partial charge on any atom is -0.496 e. The molecule has 3 heterocycles. The van der Waals surface area contributed by atoms with Gasteiger partial charge in [0.1, 0.15) is 17.3 Å². The molecule has 39 heavy (non-hydrogen) atoms. The van der Waals surface area contributed by atoms with Crippen LogP contribution in [0.3, 0.4) is 0 Å². The van der Waals surface area contributed by atoms with Gasteiger partial charge in [0.15, 0.2) is 5.65 Å². The van der Waals surface area contributed by atoms with E-state index >= 15 is 0 Å². The molecule has 5 rings (SSSR count). The number of non-ortho nitro benzene ring substituents is 1. The van der Waals surface area contributed by atoms with E-state index in [0.717, 1.165) is 12.1 Å². The van der Waals surface area contributed by atoms with Crippen molar-refractivity contribution in [1.82, 2.24) is 15.0 Å². The molecule has 0 spiro atoms. The third-order valence-corrected chi connectivity index (χ3v) is 6.58. The number of anilines is 1. The van der Waals surface area contributed by atoms with E-state index in [1.165, 1.54) is 46.3 Å². The second kappa shape index (κ2) is 8.86. The van der Waals surface area contributed by atoms with E-state index in [4.69, 9.17) is 9.47 Å². The molecule has 0 radical (unpaired) electrons. The zero-order valence-electron chi connectivity index (χ0n) is 21.0. The number of hydrogen-bond acceptors (Lipinski definition) is 10. The molecule has 0 aliphatic carbocycles. The van der Waals surface area contributed by atoms with Crippen LogP contribution in [0.15, 0.2) is 42.5 Å². The lowest BCUT2D eigenvalue weighted by Gasteiger charge is -2.37. The summed E-state index contributed by atoms with van der Waals surface area (Å²) in [7, 11) is 2.77. The summed E-state index contributed by atoms with van der Waals surface area (Å²) >= 11 is 0. The maximum absolute atomic E-state index is 13.6. The number of nitrogens with one attached hydrogen (secondary N) is 1. The topological polar surface area (TPSA) is 184 Å². The maximum atomic E-state index is 13.6. The number of amides is 2. The highest BCUT2D eigenvalue weighted by Gasteiger charge is 2.47. The van der Waals surface area contributed by atoms with Crippen molar-refractivity contribution in [2.24, 2.45) is 0 Å². The molecule has 0 bridgehead atoms. The fourth-order valence-electron chi connectivity index (χ4n) is 4.55. The summed E-state index contributed by atoms with van der Waals surface area (Å²) in [6.45, 7) is 3.07. The number of methoxy groups -OCH3 is 2. The highest BCUT2D eigenvalue weighted by atomic mass is 16.6. The van der Waals surface area contributed by atoms with Gasteiger partial charge in [0.25, 0.3) is 17.3 Å². The number of nitro benzene ring substituents is 2. The van der Waals surface area contributed by atoms with Crippen molar-refractivity contribution in [2.75, 3.05) is 19.1 Å². The Bertz CT molecular complexity index is 1730. The molecule has 2 aromatic carbocycles. The number of carbonyl (C=O) groups is 2. The van der Waals surface area contributed by atoms with Gasteiger partial charge in [-0.05, 0) is 25.5 Å². The predicted octanol–water partition coefficient (Wildman–Crippen LogP) is 3.92. The molecule has 0 fully saturated rings. The Morgan fingerprint density at radius 1 is 0.923 bits per heavy atom. The van der Waals surface area contributed by atoms with Crippen molar-refractivity contribution >= 4 is 40.0 Å². The first kappa shape index (κ1) is 25.3. The van der Waals surface area contributed by atoms with Gasteiger partial charge in [-0.3, -0.25) is 29.8 Å². The van der Waals surface area contributed by atoms with Crippen LogP contribution in [0.4, 0.5) is 17.1 Å². The van der Waals surface area contributed by atoms with E-state index in [9.17, 15) is 29.8 Å². The third-order valence-electron chi connectivity index (χ3n) is 6.58. The lowest BCUT2D eigenvalue weighted by molar-refractivity contribution is -0.384. The third kappa shape index (κ3) is 3.89. The molecule has 4 aromatic rings. The summed E-state index contributed by atoms with van der Waals surface area (Å²) in [5.41, 5.74) is -1.46. The number of rotatable bonds is 6. The van der Waals surface area contributed by atoms with Crippen LogP contribution < -0.4 is 14.4 Å². The number of H-pyrrole nitrogens is 1. The van der Waals surface area contributed by atoms with E-state index in [0.29, 0.717) is 21.9 Å². The van der Waals surface area contributed by atoms with E-state index < -0.39 is 32.8 Å². The molecule has 14 nitrogen and oxygen atoms in total. The molecule has 0 saturated carbocycles. The molecule has 1 N–H and O–H groups in total. The number of aromatic amines is 1. The molecular formula is C25H20N6O8. The molecule has 14 heteroatoms. The molecule has 2 aromatic heterocycles. The van der Waals surface area contributed by atoms with Gasteiger partial charge < -0.3 is 14.5 Å². The summed E-state index contributed by atoms with van der Waals surface area (Å²) < 4.78 is 10.6. The van der Waals surface area contributed by atoms with Crippen molar-refractivity contribution in [3.8, 4) is 23.0 Å². The van der Waals surface area contributed by atoms with Crippen LogP contribution in [0.5, 0.6) is 11.6 Å². The zero-order chi connectivity index (χ0) is 28.2. The van der Waals surface area contributed by atoms with Gasteiger partial charge in [-0.2, -0.15) is 4.98 Å². The number of aromatic nitrogens is 3. The van der Waals surface area contributed by atoms with Crippen LogP contribution in [0.1, 0.15) is 29.8 Å². The van der Waals surface area contributed by atoms with Crippen molar-refractivity contribution < 1.29 is 28.9 Å². The van der Waals surface area contributed by atoms with E-state index in [1.807, 2.05) is 0 Å². The largest absolute Gasteiger partial charge is 0.496 e. The van der Waals surface area contributed by atoms with Crippen molar-refractivity contribution in [2.45, 2.75) is 19.3 Å². The summed E-state index contributed by atoms with van der Waals surface area (Å²) in [6, 6.07) is 9.24. The number of imide groups is 1. The Morgan fingerprint density at radius 2 is 1.67 bits per heavy atom. The van der Waals surface area contributed by atoms with Crippen LogP contribution >= 0.6 is 0 Å². The Balaban J connectivity index is 1.71. The molecule has 198 valence electrons. The summed E-state index contributed by atoms with van der Waals surface area (Å²) in [6.07, 6.45) is 0. The number of imidazole rings is 1. The zero-order valence-corrected chi connectivity index (χ0v) is 21.0. The molecular weight excluding hydrogens is 512 g/mol. The second-order valence-electron chi connectivity index (χ2n) is 9.17. The predicted molar refractivity (Wildman–Crippen MR) is 137 cm³/mol. The first-order chi connectivity index (χ1) is 18.5. The molecule has 1 aliphatic rings. The van der Waals surface area contributed by atoms with Crippen molar-refractivity contribution in [1.29, 1.82) is 0 Å². The van der Waals surface area contributed by atoms with Gasteiger partial charge in [0.05, 0.1) is 46.1 Å². The van der Waals surface area contributed by atoms with Gasteiger partial charge >= 0.3 is 0 Å². The lowest BCUT2D eigenvalue weighted by atomic mass is 9.77. The number of hydrogen-bond donors (Lipinski definition) is 1. The fourth-order valence-corrected chi connectivity index (χ4v) is 4.55. The quantitative estimate of drug-likeness (QED) is 0.217. The molecule has 0 saturated heterocycles. The highest BCUT2D eigenvalue weighted by Crippen LogP contribution is 2.44. The molecule has 0 unspecified atom stereocenters. The standard InChI is InChI=1S/C25H20N6O8/c1-25(2)15-6-5-12(30(34)35)9-13(15)23(32)29(24(25)33)17-11-19(38-3)14(10-18(17)31(36)37)21-26-16-7-8-20(39-4)27-22(16)28-21/h5-11H,1-4H3,(H,26,27,28). The SMILES string of the molecule is COc1ccc2[nH]c(-c3cc([N+](=O)[O-])c(N4C(=O)c5cc([N+](=O)[O-])ccc5C(C)(C)C4=O)cc3OC)nc2n1. The number of pyridine rings is 1. The lowest BCUT2D eigenvalue weighted by Crippen LogP contribution is -2.52. The number of benzene rings is 2. The van der Waals surface area contributed by atoms with Crippen LogP contribution in [-0.4, -0.2) is 50.8 Å². The molecule has 2 amide bonds. The minimum atomic E-state index is -1.33. The van der Waals surface area contributed by atoms with E-state index in [2.05, 4.69) is 15.0 Å². The van der Waals surface area contributed by atoms with Crippen LogP contribution in [0, 0.1) is 20.2 Å². The smallest absolute Gasteiger partial charge is 0.294 e. The number of carbonyl (C=O) groups excluding carboxylic acids is 2. The van der Waals surface area contributed by atoms with Crippen molar-refractivity contribution in [3.63, 3.8) is 0 Å². The average molecular weight is 532 g/mol. The maximum Gasteiger partial charge on any atom is 0.294 e. The first-order valence-electron chi connectivity index (χ1n) is 11.4. The second-order valence-corrected chi connectivity index (χ2v) is 9.17. The van der Waals surface area contributed by atoms with Gasteiger partial charge in [-0.15, -0.1) is 0 Å². The Morgan fingerprint density at radius 3 is 2.31 bits per heavy atom. The summed E-state index contributed by atoms with van der Waals surface area (Å²) in [5, 5.41) is 23.6. The number of nitrogens with zero attached hydrogens (tertiary/aromatic N) is 5. The van der Waals surface area contributed by atoms with Gasteiger partial charge in [-0.25, -0.2) is 9.88 Å². The normalized spacial score (nSPS) is 14.3. The minimum absolute atomic E-state index is 0.0740. The molecule has 1 aliphatic heterocycles. The Labute approximate surface area is 219 Å². The Hall–Kier alpha value is -5.40. The average Bonchev–Trinajstić information content (AvgIpc) is 3.34. The monoisotopic (exact) mass is 532 g/mol. The van der Waals surface area contributed by atoms with Gasteiger partial charge in [-0.1, -0.05) is 6.07 Å². The number of nitro groups is 2. The van der Waals surface area contributed by atoms with Crippen molar-refractivity contribution in [3.05, 3.63) is 73.8 Å². The number of fused-ring (bicyclic) bond motifs is 2. The van der Waals surface area contributed by atoms with E-state index in [-0.39, 0.29) is 39.6 Å². The highest BCUT2D eigenvalue weighted by molar-refractivity contribution is 6.28. The Kier molecular flexibility index (Phi) is 5.74. The van der Waals surface area contributed by atoms with Crippen LogP contribution in [0.2, 0.25) is 0 Å². The fraction of sp³-hybridized carbons (Fsp3) is 0.200. The number of ether oxygens (including phenoxy) is 2. The molecule has 0 atom stereocenters. The summed E-state index contributed by atoms with van der Waals surface area (Å²) in [4.78, 5) is 61.7. The summed E-state index contributed by atoms with van der Waals surface area (Å²) in [5.74, 6) is -1.10. The van der Waals surface area contributed by atoms with E-state index in [1.54, 1.807) is 12.1 Å². The first-order valence-corrected chi connectivity index (χ1v) is 11.4. The van der Waals surface area contributed by atoms with Crippen LogP contribution in [0.25, 0.3) is 22.6 Å². The van der Waals surface area contributed by atoms with Gasteiger partial charge in [0, 0.05) is 30.3 Å². The van der Waals surface area contributed by atoms with Crippen LogP contribution in [-0.2, 0) is 10.2 Å². The van der Waals surface area contributed by atoms with Gasteiger partial charge in [0.2, 0.25) is 11.8 Å².